The number of thioether (sulfide) groups is 1. The number of halogens is 1. The number of benzene rings is 1. The van der Waals surface area contributed by atoms with E-state index < -0.39 is 0 Å². The lowest BCUT2D eigenvalue weighted by Crippen LogP contribution is -2.54. The van der Waals surface area contributed by atoms with Crippen molar-refractivity contribution in [2.75, 3.05) is 52.6 Å². The van der Waals surface area contributed by atoms with Crippen LogP contribution in [0.3, 0.4) is 0 Å². The van der Waals surface area contributed by atoms with E-state index in [0.717, 1.165) is 56.5 Å². The first-order chi connectivity index (χ1) is 13.6. The molecule has 0 aromatic heterocycles. The topological polar surface area (TPSA) is 60.0 Å². The van der Waals surface area contributed by atoms with Crippen molar-refractivity contribution < 1.29 is 4.79 Å². The van der Waals surface area contributed by atoms with E-state index in [4.69, 9.17) is 11.6 Å². The van der Waals surface area contributed by atoms with Gasteiger partial charge in [-0.25, -0.2) is 0 Å². The van der Waals surface area contributed by atoms with Gasteiger partial charge in [0, 0.05) is 56.1 Å². The molecule has 1 saturated carbocycles. The predicted octanol–water partition coefficient (Wildman–Crippen LogP) is 2.22. The summed E-state index contributed by atoms with van der Waals surface area (Å²) in [6.07, 6.45) is 4.38. The van der Waals surface area contributed by atoms with Crippen molar-refractivity contribution in [1.82, 2.24) is 20.4 Å². The Labute approximate surface area is 177 Å². The van der Waals surface area contributed by atoms with Crippen LogP contribution in [-0.4, -0.2) is 80.3 Å². The second kappa shape index (κ2) is 10.4. The largest absolute Gasteiger partial charge is 0.355 e. The van der Waals surface area contributed by atoms with E-state index in [1.54, 1.807) is 11.8 Å². The number of rotatable bonds is 7. The number of hydrogen-bond acceptors (Lipinski definition) is 4. The number of guanidine groups is 1. The highest BCUT2D eigenvalue weighted by atomic mass is 35.5. The van der Waals surface area contributed by atoms with E-state index in [1.165, 1.54) is 5.56 Å². The molecule has 8 heteroatoms. The lowest BCUT2D eigenvalue weighted by molar-refractivity contribution is -0.122. The van der Waals surface area contributed by atoms with Crippen LogP contribution in [0.2, 0.25) is 5.02 Å². The molecule has 6 nitrogen and oxygen atoms in total. The molecule has 1 aliphatic carbocycles. The molecule has 1 unspecified atom stereocenters. The van der Waals surface area contributed by atoms with E-state index in [1.807, 2.05) is 25.2 Å². The number of carbonyl (C=O) groups excluding carboxylic acids is 1. The SMILES string of the molecule is CN=C(NCC(SC)c1cccc(Cl)c1)N1CCN(CC(=O)NC2CC2)CC1. The molecular formula is C20H30ClN5OS. The summed E-state index contributed by atoms with van der Waals surface area (Å²) in [5.74, 6) is 1.07. The van der Waals surface area contributed by atoms with Gasteiger partial charge in [-0.15, -0.1) is 0 Å². The van der Waals surface area contributed by atoms with Crippen LogP contribution in [0.25, 0.3) is 0 Å². The van der Waals surface area contributed by atoms with Gasteiger partial charge in [0.15, 0.2) is 5.96 Å². The molecule has 1 aromatic carbocycles. The molecule has 0 radical (unpaired) electrons. The average molecular weight is 424 g/mol. The second-order valence-electron chi connectivity index (χ2n) is 7.31. The van der Waals surface area contributed by atoms with Gasteiger partial charge in [-0.3, -0.25) is 14.7 Å². The van der Waals surface area contributed by atoms with Gasteiger partial charge in [0.2, 0.25) is 5.91 Å². The molecule has 1 aliphatic heterocycles. The van der Waals surface area contributed by atoms with Gasteiger partial charge in [0.05, 0.1) is 6.54 Å². The number of nitrogens with one attached hydrogen (secondary N) is 2. The minimum absolute atomic E-state index is 0.155. The number of carbonyl (C=O) groups is 1. The zero-order valence-corrected chi connectivity index (χ0v) is 18.2. The van der Waals surface area contributed by atoms with Crippen molar-refractivity contribution in [1.29, 1.82) is 0 Å². The Balaban J connectivity index is 1.45. The Morgan fingerprint density at radius 1 is 1.32 bits per heavy atom. The minimum atomic E-state index is 0.155. The van der Waals surface area contributed by atoms with E-state index in [2.05, 4.69) is 37.7 Å². The van der Waals surface area contributed by atoms with Crippen LogP contribution < -0.4 is 10.6 Å². The van der Waals surface area contributed by atoms with Gasteiger partial charge in [-0.1, -0.05) is 23.7 Å². The van der Waals surface area contributed by atoms with Crippen molar-refractivity contribution in [3.63, 3.8) is 0 Å². The standard InChI is InChI=1S/C20H30ClN5OS/c1-22-20(23-13-18(28-2)15-4-3-5-16(21)12-15)26-10-8-25(9-11-26)14-19(27)24-17-6-7-17/h3-5,12,17-18H,6-11,13-14H2,1-2H3,(H,22,23)(H,24,27). The van der Waals surface area contributed by atoms with Crippen molar-refractivity contribution in [3.05, 3.63) is 34.9 Å². The predicted molar refractivity (Wildman–Crippen MR) is 118 cm³/mol. The quantitative estimate of drug-likeness (QED) is 0.520. The molecule has 1 heterocycles. The van der Waals surface area contributed by atoms with Crippen molar-refractivity contribution in [2.24, 2.45) is 4.99 Å². The lowest BCUT2D eigenvalue weighted by atomic mass is 10.1. The average Bonchev–Trinajstić information content (AvgIpc) is 3.50. The Hall–Kier alpha value is -1.44. The maximum absolute atomic E-state index is 12.0. The number of aliphatic imine (C=N–C) groups is 1. The summed E-state index contributed by atoms with van der Waals surface area (Å²) in [4.78, 5) is 20.9. The maximum atomic E-state index is 12.0. The molecule has 2 fully saturated rings. The van der Waals surface area contributed by atoms with E-state index in [-0.39, 0.29) is 5.91 Å². The summed E-state index contributed by atoms with van der Waals surface area (Å²) in [5.41, 5.74) is 1.22. The fraction of sp³-hybridized carbons (Fsp3) is 0.600. The summed E-state index contributed by atoms with van der Waals surface area (Å²) in [6, 6.07) is 8.47. The van der Waals surface area contributed by atoms with Gasteiger partial charge >= 0.3 is 0 Å². The second-order valence-corrected chi connectivity index (χ2v) is 8.79. The third-order valence-corrected chi connectivity index (χ3v) is 6.39. The first-order valence-corrected chi connectivity index (χ1v) is 11.5. The maximum Gasteiger partial charge on any atom is 0.234 e. The third-order valence-electron chi connectivity index (χ3n) is 5.14. The van der Waals surface area contributed by atoms with E-state index in [0.29, 0.717) is 17.8 Å². The van der Waals surface area contributed by atoms with Crippen LogP contribution in [0.4, 0.5) is 0 Å². The summed E-state index contributed by atoms with van der Waals surface area (Å²) < 4.78 is 0. The fourth-order valence-electron chi connectivity index (χ4n) is 3.38. The smallest absolute Gasteiger partial charge is 0.234 e. The number of hydrogen-bond donors (Lipinski definition) is 2. The first-order valence-electron chi connectivity index (χ1n) is 9.84. The molecular weight excluding hydrogens is 394 g/mol. The Kier molecular flexibility index (Phi) is 7.88. The van der Waals surface area contributed by atoms with E-state index in [9.17, 15) is 4.79 Å². The number of piperazine rings is 1. The summed E-state index contributed by atoms with van der Waals surface area (Å²) >= 11 is 7.94. The molecule has 154 valence electrons. The fourth-order valence-corrected chi connectivity index (χ4v) is 4.25. The minimum Gasteiger partial charge on any atom is -0.355 e. The Bertz CT molecular complexity index is 689. The highest BCUT2D eigenvalue weighted by Crippen LogP contribution is 2.27. The highest BCUT2D eigenvalue weighted by Gasteiger charge is 2.26. The van der Waals surface area contributed by atoms with Crippen molar-refractivity contribution >= 4 is 35.2 Å². The van der Waals surface area contributed by atoms with Gasteiger partial charge in [0.25, 0.3) is 0 Å². The van der Waals surface area contributed by atoms with Gasteiger partial charge in [-0.2, -0.15) is 11.8 Å². The highest BCUT2D eigenvalue weighted by molar-refractivity contribution is 7.98. The summed E-state index contributed by atoms with van der Waals surface area (Å²) in [5, 5.41) is 7.65. The third kappa shape index (κ3) is 6.29. The Morgan fingerprint density at radius 2 is 2.07 bits per heavy atom. The van der Waals surface area contributed by atoms with Crippen LogP contribution in [0.5, 0.6) is 0 Å². The number of amides is 1. The monoisotopic (exact) mass is 423 g/mol. The van der Waals surface area contributed by atoms with Crippen molar-refractivity contribution in [2.45, 2.75) is 24.1 Å². The molecule has 28 heavy (non-hydrogen) atoms. The lowest BCUT2D eigenvalue weighted by Gasteiger charge is -2.36. The molecule has 0 bridgehead atoms. The zero-order chi connectivity index (χ0) is 19.9. The first kappa shape index (κ1) is 21.3. The van der Waals surface area contributed by atoms with Crippen LogP contribution in [0, 0.1) is 0 Å². The summed E-state index contributed by atoms with van der Waals surface area (Å²) in [7, 11) is 1.82. The van der Waals surface area contributed by atoms with Crippen LogP contribution in [0.1, 0.15) is 23.7 Å². The number of nitrogens with zero attached hydrogens (tertiary/aromatic N) is 3. The van der Waals surface area contributed by atoms with E-state index >= 15 is 0 Å². The Morgan fingerprint density at radius 3 is 2.68 bits per heavy atom. The van der Waals surface area contributed by atoms with Crippen LogP contribution >= 0.6 is 23.4 Å². The molecule has 2 N–H and O–H groups in total. The van der Waals surface area contributed by atoms with Crippen LogP contribution in [0.15, 0.2) is 29.3 Å². The zero-order valence-electron chi connectivity index (χ0n) is 16.7. The summed E-state index contributed by atoms with van der Waals surface area (Å²) in [6.45, 7) is 4.78. The molecule has 0 spiro atoms. The van der Waals surface area contributed by atoms with Gasteiger partial charge < -0.3 is 15.5 Å². The van der Waals surface area contributed by atoms with Crippen LogP contribution in [-0.2, 0) is 4.79 Å². The van der Waals surface area contributed by atoms with Crippen molar-refractivity contribution in [3.8, 4) is 0 Å². The van der Waals surface area contributed by atoms with Gasteiger partial charge in [-0.05, 0) is 36.8 Å². The molecule has 2 aliphatic rings. The molecule has 3 rings (SSSR count). The molecule has 1 saturated heterocycles. The molecule has 1 amide bonds. The van der Waals surface area contributed by atoms with Gasteiger partial charge in [0.1, 0.15) is 0 Å². The molecule has 1 aromatic rings. The normalized spacial score (nSPS) is 19.4. The molecule has 1 atom stereocenters.